The van der Waals surface area contributed by atoms with Gasteiger partial charge < -0.3 is 4.74 Å². The van der Waals surface area contributed by atoms with Crippen LogP contribution in [0.1, 0.15) is 0 Å². The van der Waals surface area contributed by atoms with Gasteiger partial charge in [-0.05, 0) is 0 Å². The van der Waals surface area contributed by atoms with Crippen LogP contribution in [0.25, 0.3) is 0 Å². The summed E-state index contributed by atoms with van der Waals surface area (Å²) in [5, 5.41) is 0. The minimum absolute atomic E-state index is 0.163. The molecule has 1 radical (unpaired) electrons. The quantitative estimate of drug-likeness (QED) is 0.443. The van der Waals surface area contributed by atoms with Crippen molar-refractivity contribution in [3.8, 4) is 0 Å². The molecule has 0 unspecified atom stereocenters. The van der Waals surface area contributed by atoms with Crippen LogP contribution >= 0.6 is 12.6 Å². The van der Waals surface area contributed by atoms with E-state index in [-0.39, 0.29) is 11.7 Å². The van der Waals surface area contributed by atoms with Gasteiger partial charge in [0.05, 0.1) is 12.9 Å². The summed E-state index contributed by atoms with van der Waals surface area (Å²) in [6.07, 6.45) is 0. The molecule has 0 saturated carbocycles. The summed E-state index contributed by atoms with van der Waals surface area (Å²) >= 11 is 3.08. The van der Waals surface area contributed by atoms with E-state index in [1.54, 1.807) is 0 Å². The van der Waals surface area contributed by atoms with Gasteiger partial charge in [-0.15, -0.1) is 0 Å². The van der Waals surface area contributed by atoms with E-state index in [2.05, 4.69) is 32.2 Å². The molecule has 0 heterocycles. The van der Waals surface area contributed by atoms with Crippen molar-refractivity contribution in [1.29, 1.82) is 0 Å². The van der Waals surface area contributed by atoms with Gasteiger partial charge in [0.2, 0.25) is 0 Å². The Morgan fingerprint density at radius 3 is 1.80 bits per heavy atom. The van der Waals surface area contributed by atoms with E-state index < -0.39 is 19.8 Å². The first-order valence-corrected chi connectivity index (χ1v) is 12.2. The maximum atomic E-state index is 9.88. The Labute approximate surface area is 75.5 Å². The van der Waals surface area contributed by atoms with Crippen molar-refractivity contribution in [3.63, 3.8) is 0 Å². The van der Waals surface area contributed by atoms with Crippen LogP contribution in [0.5, 0.6) is 0 Å². The molecule has 0 rings (SSSR count). The Hall–Kier alpha value is 0.619. The predicted molar refractivity (Wildman–Crippen MR) is 49.2 cm³/mol. The SMILES string of the molecule is COC(=O)CS.[CH3][Sn]([CH3])[CH3]. The molecule has 0 bridgehead atoms. The monoisotopic (exact) mass is 271 g/mol. The fourth-order valence-electron chi connectivity index (χ4n) is 0.0645. The van der Waals surface area contributed by atoms with Crippen molar-refractivity contribution in [2.45, 2.75) is 14.8 Å². The summed E-state index contributed by atoms with van der Waals surface area (Å²) < 4.78 is 4.18. The van der Waals surface area contributed by atoms with Crippen LogP contribution in [-0.4, -0.2) is 38.6 Å². The summed E-state index contributed by atoms with van der Waals surface area (Å²) in [7, 11) is 1.33. The van der Waals surface area contributed by atoms with Gasteiger partial charge in [-0.3, -0.25) is 4.79 Å². The van der Waals surface area contributed by atoms with Crippen LogP contribution in [0.4, 0.5) is 0 Å². The van der Waals surface area contributed by atoms with Crippen molar-refractivity contribution in [2.24, 2.45) is 0 Å². The molecule has 0 spiro atoms. The van der Waals surface area contributed by atoms with Crippen molar-refractivity contribution >= 4 is 38.4 Å². The number of hydrogen-bond acceptors (Lipinski definition) is 3. The van der Waals surface area contributed by atoms with Crippen LogP contribution < -0.4 is 0 Å². The molecule has 2 nitrogen and oxygen atoms in total. The zero-order valence-electron chi connectivity index (χ0n) is 6.97. The molecule has 0 aromatic heterocycles. The Kier molecular flexibility index (Phi) is 12.7. The summed E-state index contributed by atoms with van der Waals surface area (Å²) in [4.78, 5) is 17.0. The molecule has 0 saturated heterocycles. The molecule has 0 atom stereocenters. The minimum atomic E-state index is -0.543. The number of methoxy groups -OCH3 is 1. The molecule has 4 heteroatoms. The zero-order valence-corrected chi connectivity index (χ0v) is 10.7. The molecule has 61 valence electrons. The number of carbonyl (C=O) groups excluding carboxylic acids is 1. The third-order valence-electron chi connectivity index (χ3n) is 0.357. The summed E-state index contributed by atoms with van der Waals surface area (Å²) in [6, 6.07) is 0. The molecule has 0 fully saturated rings. The molecule has 0 aliphatic carbocycles. The Morgan fingerprint density at radius 1 is 1.50 bits per heavy atom. The Bertz CT molecular complexity index is 77.1. The van der Waals surface area contributed by atoms with Crippen molar-refractivity contribution in [3.05, 3.63) is 0 Å². The standard InChI is InChI=1S/C3H6O2S.3CH3.Sn/c1-5-3(4)2-6;;;;/h6H,2H2,1H3;3*1H3;. The summed E-state index contributed by atoms with van der Waals surface area (Å²) in [6.45, 7) is 0. The van der Waals surface area contributed by atoms with Gasteiger partial charge in [0.15, 0.2) is 0 Å². The fraction of sp³-hybridized carbons (Fsp3) is 0.833. The second-order valence-corrected chi connectivity index (χ2v) is 11.1. The van der Waals surface area contributed by atoms with E-state index in [4.69, 9.17) is 0 Å². The zero-order chi connectivity index (χ0) is 8.57. The fourth-order valence-corrected chi connectivity index (χ4v) is 0.194. The van der Waals surface area contributed by atoms with Crippen LogP contribution in [0.2, 0.25) is 14.8 Å². The van der Waals surface area contributed by atoms with E-state index in [1.807, 2.05) is 0 Å². The molecule has 10 heavy (non-hydrogen) atoms. The number of ether oxygens (including phenoxy) is 1. The predicted octanol–water partition coefficient (Wildman–Crippen LogP) is 1.46. The molecule has 0 aromatic carbocycles. The van der Waals surface area contributed by atoms with E-state index in [0.717, 1.165) is 0 Å². The molecule has 0 aliphatic heterocycles. The number of rotatable bonds is 1. The average Bonchev–Trinajstić information content (AvgIpc) is 1.85. The van der Waals surface area contributed by atoms with Crippen molar-refractivity contribution in [2.75, 3.05) is 12.9 Å². The first-order valence-electron chi connectivity index (χ1n) is 2.99. The third kappa shape index (κ3) is 23.5. The normalized spacial score (nSPS) is 8.20. The molecule has 0 N–H and O–H groups in total. The topological polar surface area (TPSA) is 26.3 Å². The number of esters is 1. The van der Waals surface area contributed by atoms with Gasteiger partial charge in [-0.1, -0.05) is 0 Å². The van der Waals surface area contributed by atoms with E-state index in [0.29, 0.717) is 0 Å². The average molecular weight is 270 g/mol. The van der Waals surface area contributed by atoms with E-state index >= 15 is 0 Å². The maximum absolute atomic E-state index is 9.88. The Morgan fingerprint density at radius 2 is 1.80 bits per heavy atom. The van der Waals surface area contributed by atoms with Gasteiger partial charge >= 0.3 is 40.5 Å². The molecule has 0 aliphatic rings. The van der Waals surface area contributed by atoms with Crippen LogP contribution in [0, 0.1) is 0 Å². The third-order valence-corrected chi connectivity index (χ3v) is 0.615. The van der Waals surface area contributed by atoms with Crippen LogP contribution in [0.15, 0.2) is 0 Å². The number of thiol groups is 1. The first kappa shape index (κ1) is 13.2. The molecular weight excluding hydrogens is 255 g/mol. The second-order valence-electron chi connectivity index (χ2n) is 2.23. The second kappa shape index (κ2) is 9.62. The summed E-state index contributed by atoms with van der Waals surface area (Å²) in [5.74, 6) is -0.130. The van der Waals surface area contributed by atoms with Gasteiger partial charge in [0.25, 0.3) is 0 Å². The molecule has 0 amide bonds. The van der Waals surface area contributed by atoms with Gasteiger partial charge in [0, 0.05) is 0 Å². The summed E-state index contributed by atoms with van der Waals surface area (Å²) in [5.41, 5.74) is 0. The molecular formula is C6H15O2SSn. The van der Waals surface area contributed by atoms with Crippen molar-refractivity contribution in [1.82, 2.24) is 0 Å². The van der Waals surface area contributed by atoms with Gasteiger partial charge in [-0.25, -0.2) is 0 Å². The van der Waals surface area contributed by atoms with Crippen molar-refractivity contribution < 1.29 is 9.53 Å². The van der Waals surface area contributed by atoms with E-state index in [1.165, 1.54) is 7.11 Å². The van der Waals surface area contributed by atoms with Crippen LogP contribution in [-0.2, 0) is 9.53 Å². The van der Waals surface area contributed by atoms with Gasteiger partial charge in [-0.2, -0.15) is 12.6 Å². The Balaban J connectivity index is 0. The van der Waals surface area contributed by atoms with Gasteiger partial charge in [0.1, 0.15) is 0 Å². The first-order chi connectivity index (χ1) is 4.54. The van der Waals surface area contributed by atoms with Crippen LogP contribution in [0.3, 0.4) is 0 Å². The number of hydrogen-bond donors (Lipinski definition) is 1. The molecule has 0 aromatic rings. The number of carbonyl (C=O) groups is 1. The van der Waals surface area contributed by atoms with E-state index in [9.17, 15) is 4.79 Å².